The second kappa shape index (κ2) is 5.63. The van der Waals surface area contributed by atoms with Crippen LogP contribution in [0.3, 0.4) is 0 Å². The summed E-state index contributed by atoms with van der Waals surface area (Å²) in [5.74, 6) is 0.725. The molecular weight excluding hydrogens is 282 g/mol. The highest BCUT2D eigenvalue weighted by atomic mass is 32.2. The maximum absolute atomic E-state index is 11.7. The van der Waals surface area contributed by atoms with Crippen LogP contribution < -0.4 is 9.46 Å². The van der Waals surface area contributed by atoms with Crippen molar-refractivity contribution in [3.8, 4) is 10.8 Å². The summed E-state index contributed by atoms with van der Waals surface area (Å²) in [5.41, 5.74) is 0. The van der Waals surface area contributed by atoms with Crippen molar-refractivity contribution in [3.63, 3.8) is 0 Å². The summed E-state index contributed by atoms with van der Waals surface area (Å²) in [4.78, 5) is 0. The fourth-order valence-corrected chi connectivity index (χ4v) is 3.02. The number of anilines is 1. The topological polar surface area (TPSA) is 55.4 Å². The average Bonchev–Trinajstić information content (AvgIpc) is 2.77. The normalized spacial score (nSPS) is 11.5. The number of hydrogen-bond donors (Lipinski definition) is 1. The molecule has 1 aromatic carbocycles. The van der Waals surface area contributed by atoms with E-state index in [1.54, 1.807) is 26.0 Å². The third-order valence-electron chi connectivity index (χ3n) is 2.41. The van der Waals surface area contributed by atoms with Gasteiger partial charge in [0.15, 0.2) is 5.06 Å². The lowest BCUT2D eigenvalue weighted by Crippen LogP contribution is -2.21. The Morgan fingerprint density at radius 2 is 1.79 bits per heavy atom. The summed E-state index contributed by atoms with van der Waals surface area (Å²) in [5, 5.41) is 0.736. The van der Waals surface area contributed by atoms with Crippen LogP contribution >= 0.6 is 11.3 Å². The van der Waals surface area contributed by atoms with Crippen molar-refractivity contribution in [1.29, 1.82) is 0 Å². The largest absolute Gasteiger partial charge is 0.447 e. The van der Waals surface area contributed by atoms with Crippen molar-refractivity contribution < 1.29 is 13.2 Å². The Morgan fingerprint density at radius 1 is 1.11 bits per heavy atom. The second-order valence-corrected chi connectivity index (χ2v) is 7.51. The van der Waals surface area contributed by atoms with Gasteiger partial charge in [-0.15, -0.1) is 0 Å². The number of nitrogens with one attached hydrogen (secondary N) is 1. The zero-order valence-corrected chi connectivity index (χ0v) is 12.3. The third kappa shape index (κ3) is 3.71. The van der Waals surface area contributed by atoms with Gasteiger partial charge in [0, 0.05) is 0 Å². The number of sulfonamides is 1. The van der Waals surface area contributed by atoms with E-state index in [1.807, 2.05) is 30.3 Å². The van der Waals surface area contributed by atoms with Crippen molar-refractivity contribution in [2.24, 2.45) is 0 Å². The Balaban J connectivity index is 2.08. The SMILES string of the molecule is CC(C)S(=O)(=O)Nc1ccc(Oc2ccccc2)s1. The molecule has 6 heteroatoms. The van der Waals surface area contributed by atoms with E-state index in [0.717, 1.165) is 5.75 Å². The fraction of sp³-hybridized carbons (Fsp3) is 0.231. The smallest absolute Gasteiger partial charge is 0.235 e. The molecule has 0 saturated carbocycles. The molecule has 0 atom stereocenters. The Labute approximate surface area is 117 Å². The Morgan fingerprint density at radius 3 is 2.42 bits per heavy atom. The molecule has 0 amide bonds. The lowest BCUT2D eigenvalue weighted by atomic mass is 10.3. The van der Waals surface area contributed by atoms with Gasteiger partial charge in [-0.1, -0.05) is 29.5 Å². The fourth-order valence-electron chi connectivity index (χ4n) is 1.29. The molecule has 2 aromatic rings. The van der Waals surface area contributed by atoms with E-state index in [1.165, 1.54) is 11.3 Å². The Kier molecular flexibility index (Phi) is 4.11. The van der Waals surface area contributed by atoms with Crippen LogP contribution in [0.15, 0.2) is 42.5 Å². The highest BCUT2D eigenvalue weighted by Gasteiger charge is 2.16. The van der Waals surface area contributed by atoms with Gasteiger partial charge in [-0.25, -0.2) is 8.42 Å². The molecule has 0 aliphatic heterocycles. The molecule has 0 aliphatic rings. The van der Waals surface area contributed by atoms with Crippen molar-refractivity contribution in [3.05, 3.63) is 42.5 Å². The van der Waals surface area contributed by atoms with Crippen LogP contribution in [0.5, 0.6) is 10.8 Å². The number of hydrogen-bond acceptors (Lipinski definition) is 4. The molecule has 0 spiro atoms. The highest BCUT2D eigenvalue weighted by molar-refractivity contribution is 7.93. The summed E-state index contributed by atoms with van der Waals surface area (Å²) in [6.07, 6.45) is 0. The van der Waals surface area contributed by atoms with Gasteiger partial charge in [0.05, 0.1) is 5.25 Å². The van der Waals surface area contributed by atoms with Gasteiger partial charge in [0.1, 0.15) is 10.8 Å². The van der Waals surface area contributed by atoms with E-state index in [4.69, 9.17) is 4.74 Å². The van der Waals surface area contributed by atoms with Crippen LogP contribution in [0.2, 0.25) is 0 Å². The van der Waals surface area contributed by atoms with Gasteiger partial charge in [-0.2, -0.15) is 0 Å². The summed E-state index contributed by atoms with van der Waals surface area (Å²) in [6.45, 7) is 3.27. The van der Waals surface area contributed by atoms with Gasteiger partial charge < -0.3 is 4.74 Å². The average molecular weight is 297 g/mol. The predicted octanol–water partition coefficient (Wildman–Crippen LogP) is 3.69. The van der Waals surface area contributed by atoms with Gasteiger partial charge in [-0.3, -0.25) is 4.72 Å². The van der Waals surface area contributed by atoms with Crippen LogP contribution in [0, 0.1) is 0 Å². The molecule has 1 aromatic heterocycles. The maximum atomic E-state index is 11.7. The Hall–Kier alpha value is -1.53. The molecule has 19 heavy (non-hydrogen) atoms. The van der Waals surface area contributed by atoms with E-state index < -0.39 is 15.3 Å². The first-order chi connectivity index (χ1) is 8.97. The molecule has 102 valence electrons. The van der Waals surface area contributed by atoms with E-state index in [2.05, 4.69) is 4.72 Å². The molecule has 0 unspecified atom stereocenters. The van der Waals surface area contributed by atoms with Gasteiger partial charge in [0.25, 0.3) is 0 Å². The molecular formula is C13H15NO3S2. The number of para-hydroxylation sites is 1. The van der Waals surface area contributed by atoms with Crippen LogP contribution in [0.25, 0.3) is 0 Å². The zero-order chi connectivity index (χ0) is 13.9. The summed E-state index contributed by atoms with van der Waals surface area (Å²) in [6, 6.07) is 12.8. The Bertz CT molecular complexity index is 633. The van der Waals surface area contributed by atoms with Crippen LogP contribution in [0.1, 0.15) is 13.8 Å². The lowest BCUT2D eigenvalue weighted by molar-refractivity contribution is 0.496. The quantitative estimate of drug-likeness (QED) is 0.915. The van der Waals surface area contributed by atoms with Crippen molar-refractivity contribution in [2.75, 3.05) is 4.72 Å². The van der Waals surface area contributed by atoms with Crippen LogP contribution in [0.4, 0.5) is 5.00 Å². The molecule has 4 nitrogen and oxygen atoms in total. The molecule has 1 heterocycles. The minimum Gasteiger partial charge on any atom is -0.447 e. The first-order valence-electron chi connectivity index (χ1n) is 5.82. The summed E-state index contributed by atoms with van der Waals surface area (Å²) in [7, 11) is -3.31. The zero-order valence-electron chi connectivity index (χ0n) is 10.7. The van der Waals surface area contributed by atoms with E-state index >= 15 is 0 Å². The first-order valence-corrected chi connectivity index (χ1v) is 8.18. The lowest BCUT2D eigenvalue weighted by Gasteiger charge is -2.08. The molecule has 0 radical (unpaired) electrons. The highest BCUT2D eigenvalue weighted by Crippen LogP contribution is 2.33. The molecule has 2 rings (SSSR count). The number of rotatable bonds is 5. The predicted molar refractivity (Wildman–Crippen MR) is 78.5 cm³/mol. The number of ether oxygens (including phenoxy) is 1. The van der Waals surface area contributed by atoms with E-state index in [0.29, 0.717) is 10.1 Å². The molecule has 0 fully saturated rings. The van der Waals surface area contributed by atoms with E-state index in [9.17, 15) is 8.42 Å². The molecule has 0 aliphatic carbocycles. The summed E-state index contributed by atoms with van der Waals surface area (Å²) < 4.78 is 31.6. The van der Waals surface area contributed by atoms with Crippen molar-refractivity contribution in [2.45, 2.75) is 19.1 Å². The van der Waals surface area contributed by atoms with Gasteiger partial charge >= 0.3 is 0 Å². The minimum absolute atomic E-state index is 0.465. The molecule has 1 N–H and O–H groups in total. The summed E-state index contributed by atoms with van der Waals surface area (Å²) >= 11 is 1.26. The van der Waals surface area contributed by atoms with Gasteiger partial charge in [-0.05, 0) is 38.1 Å². The number of benzene rings is 1. The number of thiophene rings is 1. The van der Waals surface area contributed by atoms with Crippen LogP contribution in [-0.4, -0.2) is 13.7 Å². The van der Waals surface area contributed by atoms with Crippen molar-refractivity contribution >= 4 is 26.4 Å². The first kappa shape index (κ1) is 13.9. The third-order valence-corrected chi connectivity index (χ3v) is 5.16. The monoisotopic (exact) mass is 297 g/mol. The van der Waals surface area contributed by atoms with E-state index in [-0.39, 0.29) is 0 Å². The van der Waals surface area contributed by atoms with Gasteiger partial charge in [0.2, 0.25) is 10.0 Å². The van der Waals surface area contributed by atoms with Crippen molar-refractivity contribution in [1.82, 2.24) is 0 Å². The van der Waals surface area contributed by atoms with Crippen LogP contribution in [-0.2, 0) is 10.0 Å². The second-order valence-electron chi connectivity index (χ2n) is 4.23. The maximum Gasteiger partial charge on any atom is 0.235 e. The minimum atomic E-state index is -3.31. The molecule has 0 saturated heterocycles. The standard InChI is InChI=1S/C13H15NO3S2/c1-10(2)19(15,16)14-12-8-9-13(18-12)17-11-6-4-3-5-7-11/h3-10,14H,1-2H3. The molecule has 0 bridgehead atoms.